The molecular formula is C12H16ClFN2O. The third kappa shape index (κ3) is 2.48. The zero-order chi connectivity index (χ0) is 12.6. The minimum atomic E-state index is -0.463. The molecule has 0 amide bonds. The van der Waals surface area contributed by atoms with Gasteiger partial charge in [0.05, 0.1) is 22.5 Å². The number of benzene rings is 1. The van der Waals surface area contributed by atoms with E-state index in [1.807, 2.05) is 11.8 Å². The fourth-order valence-electron chi connectivity index (χ4n) is 2.18. The second-order valence-electron chi connectivity index (χ2n) is 4.60. The van der Waals surface area contributed by atoms with Crippen LogP contribution >= 0.6 is 11.6 Å². The normalized spacial score (nSPS) is 25.1. The summed E-state index contributed by atoms with van der Waals surface area (Å²) in [6, 6.07) is 2.80. The minimum Gasteiger partial charge on any atom is -0.397 e. The highest BCUT2D eigenvalue weighted by Crippen LogP contribution is 2.32. The fourth-order valence-corrected chi connectivity index (χ4v) is 2.35. The van der Waals surface area contributed by atoms with Crippen molar-refractivity contribution >= 4 is 23.0 Å². The molecule has 1 aliphatic rings. The van der Waals surface area contributed by atoms with E-state index >= 15 is 0 Å². The number of nitrogens with zero attached hydrogens (tertiary/aromatic N) is 1. The molecule has 1 aliphatic heterocycles. The van der Waals surface area contributed by atoms with Gasteiger partial charge in [0.1, 0.15) is 5.82 Å². The molecule has 1 fully saturated rings. The van der Waals surface area contributed by atoms with Crippen LogP contribution in [0.2, 0.25) is 5.02 Å². The Kier molecular flexibility index (Phi) is 3.45. The van der Waals surface area contributed by atoms with Gasteiger partial charge in [-0.05, 0) is 18.4 Å². The van der Waals surface area contributed by atoms with Gasteiger partial charge in [-0.1, -0.05) is 18.5 Å². The average molecular weight is 259 g/mol. The fraction of sp³-hybridized carbons (Fsp3) is 0.500. The van der Waals surface area contributed by atoms with Crippen molar-refractivity contribution in [3.8, 4) is 0 Å². The van der Waals surface area contributed by atoms with Gasteiger partial charge >= 0.3 is 0 Å². The number of piperidine rings is 1. The van der Waals surface area contributed by atoms with E-state index in [2.05, 4.69) is 0 Å². The second kappa shape index (κ2) is 4.70. The lowest BCUT2D eigenvalue weighted by Gasteiger charge is -2.36. The topological polar surface area (TPSA) is 49.5 Å². The average Bonchev–Trinajstić information content (AvgIpc) is 2.27. The van der Waals surface area contributed by atoms with Crippen LogP contribution in [0.3, 0.4) is 0 Å². The molecule has 17 heavy (non-hydrogen) atoms. The maximum absolute atomic E-state index is 13.4. The van der Waals surface area contributed by atoms with Gasteiger partial charge in [0.25, 0.3) is 0 Å². The van der Waals surface area contributed by atoms with Gasteiger partial charge in [-0.15, -0.1) is 0 Å². The minimum absolute atomic E-state index is 0.0383. The number of hydrogen-bond acceptors (Lipinski definition) is 3. The molecule has 5 heteroatoms. The lowest BCUT2D eigenvalue weighted by atomic mass is 9.96. The Hall–Kier alpha value is -1.00. The molecule has 3 nitrogen and oxygen atoms in total. The van der Waals surface area contributed by atoms with Crippen LogP contribution in [-0.2, 0) is 0 Å². The molecule has 1 aromatic carbocycles. The predicted octanol–water partition coefficient (Wildman–Crippen LogP) is 2.27. The molecule has 1 aromatic rings. The first-order chi connectivity index (χ1) is 7.99. The van der Waals surface area contributed by atoms with Crippen LogP contribution < -0.4 is 10.6 Å². The quantitative estimate of drug-likeness (QED) is 0.760. The van der Waals surface area contributed by atoms with Crippen LogP contribution in [0, 0.1) is 11.7 Å². The van der Waals surface area contributed by atoms with Crippen molar-refractivity contribution in [2.24, 2.45) is 5.92 Å². The summed E-state index contributed by atoms with van der Waals surface area (Å²) in [4.78, 5) is 1.99. The summed E-state index contributed by atoms with van der Waals surface area (Å²) in [5.74, 6) is -0.309. The predicted molar refractivity (Wildman–Crippen MR) is 67.8 cm³/mol. The first-order valence-electron chi connectivity index (χ1n) is 5.66. The highest BCUT2D eigenvalue weighted by Gasteiger charge is 2.25. The Balaban J connectivity index is 2.26. The molecule has 3 N–H and O–H groups in total. The summed E-state index contributed by atoms with van der Waals surface area (Å²) < 4.78 is 13.4. The van der Waals surface area contributed by atoms with Crippen LogP contribution in [-0.4, -0.2) is 24.3 Å². The summed E-state index contributed by atoms with van der Waals surface area (Å²) in [7, 11) is 0. The van der Waals surface area contributed by atoms with Crippen LogP contribution in [0.1, 0.15) is 13.3 Å². The zero-order valence-electron chi connectivity index (χ0n) is 9.66. The standard InChI is InChI=1S/C12H16ClFN2O/c1-7-6-16(3-2-12(7)17)11-5-9(14)8(13)4-10(11)15/h4-5,7,12,17H,2-3,6,15H2,1H3. The molecule has 0 spiro atoms. The smallest absolute Gasteiger partial charge is 0.144 e. The van der Waals surface area contributed by atoms with Crippen molar-refractivity contribution in [2.75, 3.05) is 23.7 Å². The highest BCUT2D eigenvalue weighted by atomic mass is 35.5. The molecule has 0 bridgehead atoms. The van der Waals surface area contributed by atoms with Gasteiger partial charge in [0.15, 0.2) is 0 Å². The summed E-state index contributed by atoms with van der Waals surface area (Å²) in [6.45, 7) is 3.32. The molecule has 0 aliphatic carbocycles. The Morgan fingerprint density at radius 2 is 2.24 bits per heavy atom. The number of halogens is 2. The van der Waals surface area contributed by atoms with Crippen molar-refractivity contribution in [2.45, 2.75) is 19.4 Å². The molecule has 1 heterocycles. The Bertz CT molecular complexity index is 427. The van der Waals surface area contributed by atoms with Gasteiger partial charge in [0.2, 0.25) is 0 Å². The Morgan fingerprint density at radius 1 is 1.53 bits per heavy atom. The van der Waals surface area contributed by atoms with E-state index in [9.17, 15) is 9.50 Å². The van der Waals surface area contributed by atoms with Crippen LogP contribution in [0.4, 0.5) is 15.8 Å². The van der Waals surface area contributed by atoms with Crippen molar-refractivity contribution in [1.82, 2.24) is 0 Å². The van der Waals surface area contributed by atoms with Crippen LogP contribution in [0.25, 0.3) is 0 Å². The third-order valence-corrected chi connectivity index (χ3v) is 3.56. The molecule has 2 rings (SSSR count). The molecule has 94 valence electrons. The molecule has 2 atom stereocenters. The highest BCUT2D eigenvalue weighted by molar-refractivity contribution is 6.31. The number of nitrogen functional groups attached to an aromatic ring is 1. The summed E-state index contributed by atoms with van der Waals surface area (Å²) in [5.41, 5.74) is 6.98. The molecule has 0 aromatic heterocycles. The maximum atomic E-state index is 13.4. The van der Waals surface area contributed by atoms with E-state index in [0.29, 0.717) is 30.9 Å². The Labute approximate surface area is 105 Å². The third-order valence-electron chi connectivity index (χ3n) is 3.27. The monoisotopic (exact) mass is 258 g/mol. The van der Waals surface area contributed by atoms with Crippen LogP contribution in [0.5, 0.6) is 0 Å². The van der Waals surface area contributed by atoms with Gasteiger partial charge in [-0.3, -0.25) is 0 Å². The van der Waals surface area contributed by atoms with Gasteiger partial charge in [-0.2, -0.15) is 0 Å². The van der Waals surface area contributed by atoms with Gasteiger partial charge in [0, 0.05) is 19.2 Å². The lowest BCUT2D eigenvalue weighted by molar-refractivity contribution is 0.0971. The molecule has 2 unspecified atom stereocenters. The second-order valence-corrected chi connectivity index (χ2v) is 5.01. The number of anilines is 2. The SMILES string of the molecule is CC1CN(c2cc(F)c(Cl)cc2N)CCC1O. The molecule has 0 radical (unpaired) electrons. The number of hydrogen-bond donors (Lipinski definition) is 2. The van der Waals surface area contributed by atoms with E-state index < -0.39 is 5.82 Å². The van der Waals surface area contributed by atoms with E-state index in [1.54, 1.807) is 0 Å². The van der Waals surface area contributed by atoms with Crippen molar-refractivity contribution in [1.29, 1.82) is 0 Å². The maximum Gasteiger partial charge on any atom is 0.144 e. The molecule has 0 saturated carbocycles. The van der Waals surface area contributed by atoms with E-state index in [-0.39, 0.29) is 17.0 Å². The summed E-state index contributed by atoms with van der Waals surface area (Å²) in [5, 5.41) is 9.70. The first kappa shape index (κ1) is 12.5. The zero-order valence-corrected chi connectivity index (χ0v) is 10.4. The van der Waals surface area contributed by atoms with Crippen molar-refractivity contribution in [3.05, 3.63) is 23.0 Å². The van der Waals surface area contributed by atoms with Crippen molar-refractivity contribution in [3.63, 3.8) is 0 Å². The van der Waals surface area contributed by atoms with Gasteiger partial charge < -0.3 is 15.7 Å². The van der Waals surface area contributed by atoms with E-state index in [1.165, 1.54) is 12.1 Å². The number of nitrogens with two attached hydrogens (primary N) is 1. The number of rotatable bonds is 1. The number of aliphatic hydroxyl groups is 1. The number of aliphatic hydroxyl groups excluding tert-OH is 1. The Morgan fingerprint density at radius 3 is 2.88 bits per heavy atom. The summed E-state index contributed by atoms with van der Waals surface area (Å²) in [6.07, 6.45) is 0.384. The largest absolute Gasteiger partial charge is 0.397 e. The lowest BCUT2D eigenvalue weighted by Crippen LogP contribution is -2.42. The summed E-state index contributed by atoms with van der Waals surface area (Å²) >= 11 is 5.66. The van der Waals surface area contributed by atoms with Crippen LogP contribution in [0.15, 0.2) is 12.1 Å². The first-order valence-corrected chi connectivity index (χ1v) is 6.04. The van der Waals surface area contributed by atoms with Crippen molar-refractivity contribution < 1.29 is 9.50 Å². The van der Waals surface area contributed by atoms with Gasteiger partial charge in [-0.25, -0.2) is 4.39 Å². The van der Waals surface area contributed by atoms with E-state index in [0.717, 1.165) is 0 Å². The molecule has 1 saturated heterocycles. The molecular weight excluding hydrogens is 243 g/mol. The van der Waals surface area contributed by atoms with E-state index in [4.69, 9.17) is 17.3 Å².